The maximum atomic E-state index is 15.9. The number of nitrogens with one attached hydrogen (secondary N) is 1. The summed E-state index contributed by atoms with van der Waals surface area (Å²) in [6.07, 6.45) is 0.491. The van der Waals surface area contributed by atoms with Gasteiger partial charge in [-0.1, -0.05) is 0 Å². The standard InChI is InChI=1S/C24H31F2N5O6/c1-15(36-2)37-12-11-31-14-17(23(33)34)22(32)16-13-18(25)21(19(26)20(16)31)28-7-9-30(10-8-28)24(35)29-5-3-27-4-6-29/h13-15,27H,3-12H2,1-2H3,(H,33,34). The first-order chi connectivity index (χ1) is 17.7. The zero-order valence-electron chi connectivity index (χ0n) is 20.8. The van der Waals surface area contributed by atoms with E-state index in [9.17, 15) is 19.5 Å². The van der Waals surface area contributed by atoms with Crippen LogP contribution >= 0.6 is 0 Å². The van der Waals surface area contributed by atoms with Gasteiger partial charge in [-0.15, -0.1) is 0 Å². The van der Waals surface area contributed by atoms with Gasteiger partial charge < -0.3 is 39.2 Å². The predicted octanol–water partition coefficient (Wildman–Crippen LogP) is 1.13. The third-order valence-electron chi connectivity index (χ3n) is 6.73. The van der Waals surface area contributed by atoms with E-state index in [0.29, 0.717) is 13.1 Å². The first kappa shape index (κ1) is 26.8. The predicted molar refractivity (Wildman–Crippen MR) is 131 cm³/mol. The van der Waals surface area contributed by atoms with Crippen LogP contribution in [-0.4, -0.2) is 104 Å². The minimum atomic E-state index is -1.50. The monoisotopic (exact) mass is 523 g/mol. The number of halogens is 2. The molecular formula is C24H31F2N5O6. The number of benzene rings is 1. The topological polar surface area (TPSA) is 117 Å². The first-order valence-corrected chi connectivity index (χ1v) is 12.1. The van der Waals surface area contributed by atoms with E-state index in [0.717, 1.165) is 25.4 Å². The largest absolute Gasteiger partial charge is 0.477 e. The molecule has 11 nitrogen and oxygen atoms in total. The zero-order chi connectivity index (χ0) is 26.7. The summed E-state index contributed by atoms with van der Waals surface area (Å²) in [5.41, 5.74) is -2.09. The Kier molecular flexibility index (Phi) is 8.25. The molecule has 0 aliphatic carbocycles. The normalized spacial score (nSPS) is 17.4. The molecule has 1 unspecified atom stereocenters. The van der Waals surface area contributed by atoms with E-state index in [4.69, 9.17) is 9.47 Å². The number of aromatic nitrogens is 1. The number of rotatable bonds is 7. The van der Waals surface area contributed by atoms with Crippen molar-refractivity contribution >= 4 is 28.6 Å². The molecule has 0 saturated carbocycles. The van der Waals surface area contributed by atoms with Crippen LogP contribution in [-0.2, 0) is 16.0 Å². The Morgan fingerprint density at radius 3 is 2.38 bits per heavy atom. The number of carboxylic acid groups (broad SMARTS) is 1. The number of aromatic carboxylic acids is 1. The molecule has 2 saturated heterocycles. The smallest absolute Gasteiger partial charge is 0.341 e. The minimum absolute atomic E-state index is 0.000274. The van der Waals surface area contributed by atoms with Gasteiger partial charge in [-0.05, 0) is 13.0 Å². The van der Waals surface area contributed by atoms with Crippen LogP contribution in [0.25, 0.3) is 10.9 Å². The van der Waals surface area contributed by atoms with Crippen LogP contribution in [0.5, 0.6) is 0 Å². The van der Waals surface area contributed by atoms with E-state index < -0.39 is 34.9 Å². The van der Waals surface area contributed by atoms with Gasteiger partial charge >= 0.3 is 12.0 Å². The average Bonchev–Trinajstić information content (AvgIpc) is 2.90. The highest BCUT2D eigenvalue weighted by Gasteiger charge is 2.30. The fourth-order valence-electron chi connectivity index (χ4n) is 4.66. The van der Waals surface area contributed by atoms with Crippen LogP contribution in [0.3, 0.4) is 0 Å². The maximum absolute atomic E-state index is 15.9. The number of carbonyl (C=O) groups is 2. The maximum Gasteiger partial charge on any atom is 0.341 e. The zero-order valence-corrected chi connectivity index (χ0v) is 20.8. The molecule has 0 spiro atoms. The number of methoxy groups -OCH3 is 1. The SMILES string of the molecule is COC(C)OCCn1cc(C(=O)O)c(=O)c2cc(F)c(N3CCN(C(=O)N4CCNCC4)CC3)c(F)c21. The van der Waals surface area contributed by atoms with E-state index in [-0.39, 0.29) is 62.0 Å². The number of piperazine rings is 2. The van der Waals surface area contributed by atoms with Crippen molar-refractivity contribution < 1.29 is 33.0 Å². The molecule has 2 amide bonds. The van der Waals surface area contributed by atoms with Gasteiger partial charge in [0.2, 0.25) is 5.43 Å². The molecule has 4 rings (SSSR count). The highest BCUT2D eigenvalue weighted by Crippen LogP contribution is 2.31. The molecule has 202 valence electrons. The number of carbonyl (C=O) groups excluding carboxylic acids is 1. The second-order valence-corrected chi connectivity index (χ2v) is 8.96. The number of ether oxygens (including phenoxy) is 2. The molecule has 1 atom stereocenters. The second kappa shape index (κ2) is 11.4. The Labute approximate surface area is 212 Å². The molecule has 1 aromatic carbocycles. The molecular weight excluding hydrogens is 492 g/mol. The van der Waals surface area contributed by atoms with Gasteiger partial charge in [0.05, 0.1) is 17.5 Å². The molecule has 2 aliphatic heterocycles. The molecule has 3 heterocycles. The van der Waals surface area contributed by atoms with Crippen LogP contribution in [0.4, 0.5) is 19.3 Å². The molecule has 2 aromatic rings. The number of amides is 2. The summed E-state index contributed by atoms with van der Waals surface area (Å²) >= 11 is 0. The van der Waals surface area contributed by atoms with Crippen molar-refractivity contribution in [2.75, 3.05) is 71.0 Å². The van der Waals surface area contributed by atoms with E-state index >= 15 is 8.78 Å². The first-order valence-electron chi connectivity index (χ1n) is 12.1. The van der Waals surface area contributed by atoms with Crippen LogP contribution in [0.15, 0.2) is 17.1 Å². The van der Waals surface area contributed by atoms with Crippen molar-refractivity contribution in [3.8, 4) is 0 Å². The molecule has 2 N–H and O–H groups in total. The van der Waals surface area contributed by atoms with Crippen LogP contribution in [0.1, 0.15) is 17.3 Å². The number of hydrogen-bond acceptors (Lipinski definition) is 7. The number of hydrogen-bond donors (Lipinski definition) is 2. The summed E-state index contributed by atoms with van der Waals surface area (Å²) in [7, 11) is 1.45. The highest BCUT2D eigenvalue weighted by atomic mass is 19.1. The van der Waals surface area contributed by atoms with Crippen molar-refractivity contribution in [1.82, 2.24) is 19.7 Å². The lowest BCUT2D eigenvalue weighted by atomic mass is 10.1. The lowest BCUT2D eigenvalue weighted by Gasteiger charge is -2.39. The van der Waals surface area contributed by atoms with Crippen LogP contribution in [0.2, 0.25) is 0 Å². The minimum Gasteiger partial charge on any atom is -0.477 e. The number of nitrogens with zero attached hydrogens (tertiary/aromatic N) is 4. The Morgan fingerprint density at radius 1 is 1.11 bits per heavy atom. The number of fused-ring (bicyclic) bond motifs is 1. The summed E-state index contributed by atoms with van der Waals surface area (Å²) in [6.45, 7) is 5.31. The molecule has 0 bridgehead atoms. The molecule has 2 fully saturated rings. The third-order valence-corrected chi connectivity index (χ3v) is 6.73. The Hall–Kier alpha value is -3.29. The molecule has 13 heteroatoms. The lowest BCUT2D eigenvalue weighted by molar-refractivity contribution is -0.112. The van der Waals surface area contributed by atoms with Crippen molar-refractivity contribution in [2.24, 2.45) is 0 Å². The van der Waals surface area contributed by atoms with Gasteiger partial charge in [-0.2, -0.15) is 0 Å². The van der Waals surface area contributed by atoms with Gasteiger partial charge in [-0.3, -0.25) is 4.79 Å². The average molecular weight is 524 g/mol. The summed E-state index contributed by atoms with van der Waals surface area (Å²) in [5, 5.41) is 12.3. The molecule has 2 aliphatic rings. The van der Waals surface area contributed by atoms with Gasteiger partial charge in [-0.25, -0.2) is 18.4 Å². The quantitative estimate of drug-likeness (QED) is 0.519. The van der Waals surface area contributed by atoms with Gasteiger partial charge in [0.1, 0.15) is 17.1 Å². The second-order valence-electron chi connectivity index (χ2n) is 8.96. The van der Waals surface area contributed by atoms with Crippen molar-refractivity contribution in [2.45, 2.75) is 19.8 Å². The molecule has 1 aromatic heterocycles. The van der Waals surface area contributed by atoms with Gasteiger partial charge in [0, 0.05) is 72.2 Å². The van der Waals surface area contributed by atoms with Crippen LogP contribution in [0, 0.1) is 11.6 Å². The van der Waals surface area contributed by atoms with Crippen molar-refractivity contribution in [3.63, 3.8) is 0 Å². The fraction of sp³-hybridized carbons (Fsp3) is 0.542. The Balaban J connectivity index is 1.64. The van der Waals surface area contributed by atoms with Crippen molar-refractivity contribution in [1.29, 1.82) is 0 Å². The summed E-state index contributed by atoms with van der Waals surface area (Å²) in [5.74, 6) is -3.44. The summed E-state index contributed by atoms with van der Waals surface area (Å²) in [4.78, 5) is 42.1. The summed E-state index contributed by atoms with van der Waals surface area (Å²) in [6, 6.07) is 0.788. The van der Waals surface area contributed by atoms with E-state index in [1.165, 1.54) is 16.6 Å². The fourth-order valence-corrected chi connectivity index (χ4v) is 4.66. The third kappa shape index (κ3) is 5.53. The summed E-state index contributed by atoms with van der Waals surface area (Å²) < 4.78 is 42.9. The molecule has 0 radical (unpaired) electrons. The number of anilines is 1. The molecule has 37 heavy (non-hydrogen) atoms. The van der Waals surface area contributed by atoms with Crippen molar-refractivity contribution in [3.05, 3.63) is 39.7 Å². The van der Waals surface area contributed by atoms with E-state index in [1.807, 2.05) is 0 Å². The Bertz CT molecular complexity index is 1220. The lowest BCUT2D eigenvalue weighted by Crippen LogP contribution is -2.56. The highest BCUT2D eigenvalue weighted by molar-refractivity contribution is 5.94. The van der Waals surface area contributed by atoms with Gasteiger partial charge in [0.25, 0.3) is 0 Å². The number of carboxylic acids is 1. The Morgan fingerprint density at radius 2 is 1.76 bits per heavy atom. The van der Waals surface area contributed by atoms with Gasteiger partial charge in [0.15, 0.2) is 12.1 Å². The number of urea groups is 1. The van der Waals surface area contributed by atoms with E-state index in [1.54, 1.807) is 16.7 Å². The van der Waals surface area contributed by atoms with Crippen LogP contribution < -0.4 is 15.6 Å². The number of pyridine rings is 1. The van der Waals surface area contributed by atoms with E-state index in [2.05, 4.69) is 5.32 Å².